The molecule has 0 fully saturated rings. The Hall–Kier alpha value is -1.84. The van der Waals surface area contributed by atoms with Gasteiger partial charge >= 0.3 is 0 Å². The van der Waals surface area contributed by atoms with E-state index in [9.17, 15) is 4.79 Å². The molecule has 24 heavy (non-hydrogen) atoms. The van der Waals surface area contributed by atoms with Crippen molar-refractivity contribution in [3.63, 3.8) is 0 Å². The molecule has 126 valence electrons. The first-order valence-corrected chi connectivity index (χ1v) is 9.19. The second kappa shape index (κ2) is 6.58. The Kier molecular flexibility index (Phi) is 4.66. The lowest BCUT2D eigenvalue weighted by molar-refractivity contribution is -0.115. The smallest absolute Gasteiger partial charge is 0.233 e. The SMILES string of the molecule is CC(C)(C)n1nnc(CC(=O)Nc2nc(-c3ccc(Cl)s3)cs2)n1. The normalized spacial score (nSPS) is 11.7. The van der Waals surface area contributed by atoms with Crippen LogP contribution in [0.2, 0.25) is 4.34 Å². The van der Waals surface area contributed by atoms with Gasteiger partial charge in [-0.05, 0) is 38.1 Å². The standard InChI is InChI=1S/C14H15ClN6OS2/c1-14(2,3)21-19-11(18-20-21)6-12(22)17-13-16-8(7-23-13)9-4-5-10(15)24-9/h4-5,7H,6H2,1-3H3,(H,16,17,22). The first-order chi connectivity index (χ1) is 11.3. The summed E-state index contributed by atoms with van der Waals surface area (Å²) >= 11 is 8.74. The molecule has 0 spiro atoms. The molecule has 3 heterocycles. The van der Waals surface area contributed by atoms with Crippen LogP contribution in [-0.4, -0.2) is 31.1 Å². The zero-order chi connectivity index (χ0) is 17.3. The fraction of sp³-hybridized carbons (Fsp3) is 0.357. The van der Waals surface area contributed by atoms with Crippen LogP contribution in [-0.2, 0) is 16.8 Å². The van der Waals surface area contributed by atoms with Crippen molar-refractivity contribution in [3.8, 4) is 10.6 Å². The third kappa shape index (κ3) is 3.97. The molecule has 3 aromatic rings. The molecule has 0 radical (unpaired) electrons. The van der Waals surface area contributed by atoms with Crippen LogP contribution in [0.1, 0.15) is 26.6 Å². The van der Waals surface area contributed by atoms with Crippen LogP contribution in [0.4, 0.5) is 5.13 Å². The van der Waals surface area contributed by atoms with E-state index in [1.165, 1.54) is 27.5 Å². The van der Waals surface area contributed by atoms with Gasteiger partial charge in [0.15, 0.2) is 11.0 Å². The number of aromatic nitrogens is 5. The second-order valence-electron chi connectivity index (χ2n) is 6.03. The van der Waals surface area contributed by atoms with E-state index in [2.05, 4.69) is 25.7 Å². The summed E-state index contributed by atoms with van der Waals surface area (Å²) in [7, 11) is 0. The van der Waals surface area contributed by atoms with Gasteiger partial charge in [-0.25, -0.2) is 4.98 Å². The molecule has 0 saturated carbocycles. The van der Waals surface area contributed by atoms with Crippen LogP contribution in [0.15, 0.2) is 17.5 Å². The zero-order valence-corrected chi connectivity index (χ0v) is 15.7. The number of tetrazole rings is 1. The van der Waals surface area contributed by atoms with Crippen LogP contribution in [0.5, 0.6) is 0 Å². The predicted octanol–water partition coefficient (Wildman–Crippen LogP) is 3.45. The third-order valence-corrected chi connectivity index (χ3v) is 4.96. The number of anilines is 1. The van der Waals surface area contributed by atoms with E-state index >= 15 is 0 Å². The molecule has 0 bridgehead atoms. The van der Waals surface area contributed by atoms with Crippen molar-refractivity contribution >= 4 is 45.3 Å². The van der Waals surface area contributed by atoms with Gasteiger partial charge in [0.1, 0.15) is 0 Å². The van der Waals surface area contributed by atoms with Gasteiger partial charge in [-0.2, -0.15) is 4.80 Å². The number of thiophene rings is 1. The Balaban J connectivity index is 1.63. The lowest BCUT2D eigenvalue weighted by Gasteiger charge is -2.15. The summed E-state index contributed by atoms with van der Waals surface area (Å²) in [5, 5.41) is 17.3. The van der Waals surface area contributed by atoms with E-state index < -0.39 is 0 Å². The molecule has 0 atom stereocenters. The molecule has 0 unspecified atom stereocenters. The van der Waals surface area contributed by atoms with Crippen molar-refractivity contribution in [1.29, 1.82) is 0 Å². The highest BCUT2D eigenvalue weighted by Crippen LogP contribution is 2.32. The number of nitrogens with zero attached hydrogens (tertiary/aromatic N) is 5. The van der Waals surface area contributed by atoms with Gasteiger partial charge in [0, 0.05) is 5.38 Å². The van der Waals surface area contributed by atoms with Crippen LogP contribution < -0.4 is 5.32 Å². The average molecular weight is 383 g/mol. The van der Waals surface area contributed by atoms with E-state index in [0.717, 1.165) is 10.6 Å². The average Bonchev–Trinajstić information content (AvgIpc) is 3.18. The molecule has 0 aliphatic carbocycles. The van der Waals surface area contributed by atoms with Crippen molar-refractivity contribution in [2.75, 3.05) is 5.32 Å². The largest absolute Gasteiger partial charge is 0.302 e. The minimum absolute atomic E-state index is 0.0514. The maximum atomic E-state index is 12.1. The summed E-state index contributed by atoms with van der Waals surface area (Å²) in [5.41, 5.74) is 0.525. The van der Waals surface area contributed by atoms with Gasteiger partial charge in [-0.1, -0.05) is 11.6 Å². The monoisotopic (exact) mass is 382 g/mol. The van der Waals surface area contributed by atoms with Crippen molar-refractivity contribution in [1.82, 2.24) is 25.2 Å². The van der Waals surface area contributed by atoms with Crippen molar-refractivity contribution in [3.05, 3.63) is 27.7 Å². The molecule has 0 aliphatic rings. The molecule has 0 saturated heterocycles. The number of hydrogen-bond donors (Lipinski definition) is 1. The molecule has 1 amide bonds. The summed E-state index contributed by atoms with van der Waals surface area (Å²) in [6.45, 7) is 5.89. The molecule has 3 rings (SSSR count). The molecule has 1 N–H and O–H groups in total. The molecule has 7 nitrogen and oxygen atoms in total. The summed E-state index contributed by atoms with van der Waals surface area (Å²) in [6, 6.07) is 3.73. The van der Waals surface area contributed by atoms with Gasteiger partial charge < -0.3 is 5.32 Å². The Morgan fingerprint density at radius 1 is 1.38 bits per heavy atom. The lowest BCUT2D eigenvalue weighted by atomic mass is 10.1. The highest BCUT2D eigenvalue weighted by atomic mass is 35.5. The third-order valence-electron chi connectivity index (χ3n) is 2.95. The minimum Gasteiger partial charge on any atom is -0.302 e. The molecular weight excluding hydrogens is 368 g/mol. The summed E-state index contributed by atoms with van der Waals surface area (Å²) < 4.78 is 0.705. The molecule has 3 aromatic heterocycles. The first kappa shape index (κ1) is 17.0. The summed E-state index contributed by atoms with van der Waals surface area (Å²) in [6.07, 6.45) is 0.0514. The van der Waals surface area contributed by atoms with E-state index in [1.807, 2.05) is 38.3 Å². The van der Waals surface area contributed by atoms with E-state index in [4.69, 9.17) is 11.6 Å². The number of amides is 1. The molecular formula is C14H15ClN6OS2. The van der Waals surface area contributed by atoms with Crippen molar-refractivity contribution in [2.45, 2.75) is 32.7 Å². The first-order valence-electron chi connectivity index (χ1n) is 7.12. The number of halogens is 1. The number of rotatable bonds is 4. The van der Waals surface area contributed by atoms with Crippen LogP contribution in [0.25, 0.3) is 10.6 Å². The Morgan fingerprint density at radius 2 is 2.17 bits per heavy atom. The summed E-state index contributed by atoms with van der Waals surface area (Å²) in [4.78, 5) is 19.0. The number of hydrogen-bond acceptors (Lipinski definition) is 7. The van der Waals surface area contributed by atoms with Crippen LogP contribution in [0.3, 0.4) is 0 Å². The maximum absolute atomic E-state index is 12.1. The quantitative estimate of drug-likeness (QED) is 0.746. The Labute approximate surface area is 151 Å². The fourth-order valence-corrected chi connectivity index (χ4v) is 3.61. The van der Waals surface area contributed by atoms with Crippen molar-refractivity contribution in [2.24, 2.45) is 0 Å². The van der Waals surface area contributed by atoms with Gasteiger partial charge in [0.05, 0.1) is 26.9 Å². The Morgan fingerprint density at radius 3 is 2.79 bits per heavy atom. The highest BCUT2D eigenvalue weighted by Gasteiger charge is 2.18. The Bertz CT molecular complexity index is 863. The lowest BCUT2D eigenvalue weighted by Crippen LogP contribution is -2.25. The van der Waals surface area contributed by atoms with Gasteiger partial charge in [-0.3, -0.25) is 4.79 Å². The number of carbonyl (C=O) groups is 1. The van der Waals surface area contributed by atoms with E-state index in [1.54, 1.807) is 0 Å². The number of nitrogens with one attached hydrogen (secondary N) is 1. The predicted molar refractivity (Wildman–Crippen MR) is 95.6 cm³/mol. The molecule has 0 aliphatic heterocycles. The highest BCUT2D eigenvalue weighted by molar-refractivity contribution is 7.20. The fourth-order valence-electron chi connectivity index (χ4n) is 1.80. The van der Waals surface area contributed by atoms with E-state index in [0.29, 0.717) is 15.3 Å². The van der Waals surface area contributed by atoms with Gasteiger partial charge in [-0.15, -0.1) is 32.9 Å². The van der Waals surface area contributed by atoms with Gasteiger partial charge in [0.2, 0.25) is 5.91 Å². The molecule has 0 aromatic carbocycles. The zero-order valence-electron chi connectivity index (χ0n) is 13.3. The van der Waals surface area contributed by atoms with Crippen LogP contribution >= 0.6 is 34.3 Å². The topological polar surface area (TPSA) is 85.6 Å². The van der Waals surface area contributed by atoms with Gasteiger partial charge in [0.25, 0.3) is 0 Å². The van der Waals surface area contributed by atoms with Crippen molar-refractivity contribution < 1.29 is 4.79 Å². The van der Waals surface area contributed by atoms with E-state index in [-0.39, 0.29) is 17.9 Å². The summed E-state index contributed by atoms with van der Waals surface area (Å²) in [5.74, 6) is 0.151. The number of carbonyl (C=O) groups excluding carboxylic acids is 1. The second-order valence-corrected chi connectivity index (χ2v) is 8.61. The number of thiazole rings is 1. The molecule has 10 heteroatoms. The maximum Gasteiger partial charge on any atom is 0.233 e. The minimum atomic E-state index is -0.270. The van der Waals surface area contributed by atoms with Crippen LogP contribution in [0, 0.1) is 0 Å².